The fraction of sp³-hybridized carbons (Fsp3) is 0.571. The van der Waals surface area contributed by atoms with E-state index in [1.165, 1.54) is 0 Å². The Balaban J connectivity index is 2.09. The van der Waals surface area contributed by atoms with Crippen LogP contribution in [0.25, 0.3) is 0 Å². The number of rotatable bonds is 4. The summed E-state index contributed by atoms with van der Waals surface area (Å²) >= 11 is 0. The van der Waals surface area contributed by atoms with Crippen LogP contribution in [0.3, 0.4) is 0 Å². The predicted molar refractivity (Wildman–Crippen MR) is 76.9 cm³/mol. The highest BCUT2D eigenvalue weighted by Gasteiger charge is 2.20. The van der Waals surface area contributed by atoms with E-state index in [1.54, 1.807) is 0 Å². The molecule has 0 bridgehead atoms. The van der Waals surface area contributed by atoms with Crippen molar-refractivity contribution in [3.63, 3.8) is 0 Å². The van der Waals surface area contributed by atoms with Gasteiger partial charge in [-0.1, -0.05) is 0 Å². The molecule has 2 heterocycles. The van der Waals surface area contributed by atoms with Gasteiger partial charge in [-0.15, -0.1) is 0 Å². The minimum Gasteiger partial charge on any atom is -0.384 e. The fourth-order valence-corrected chi connectivity index (χ4v) is 2.46. The first-order valence-corrected chi connectivity index (χ1v) is 6.79. The van der Waals surface area contributed by atoms with Crippen LogP contribution in [0, 0.1) is 12.3 Å². The minimum absolute atomic E-state index is 0.0935. The van der Waals surface area contributed by atoms with E-state index < -0.39 is 0 Å². The van der Waals surface area contributed by atoms with Crippen LogP contribution >= 0.6 is 0 Å². The van der Waals surface area contributed by atoms with Crippen molar-refractivity contribution in [2.75, 3.05) is 24.6 Å². The Bertz CT molecular complexity index is 453. The zero-order valence-corrected chi connectivity index (χ0v) is 11.6. The van der Waals surface area contributed by atoms with Gasteiger partial charge in [0.05, 0.1) is 6.10 Å². The van der Waals surface area contributed by atoms with Crippen molar-refractivity contribution in [2.45, 2.75) is 32.8 Å². The summed E-state index contributed by atoms with van der Waals surface area (Å²) in [6, 6.07) is 3.75. The van der Waals surface area contributed by atoms with Crippen LogP contribution < -0.4 is 10.6 Å². The van der Waals surface area contributed by atoms with Gasteiger partial charge in [-0.25, -0.2) is 4.98 Å². The van der Waals surface area contributed by atoms with Crippen molar-refractivity contribution < 1.29 is 4.74 Å². The van der Waals surface area contributed by atoms with Gasteiger partial charge < -0.3 is 15.4 Å². The van der Waals surface area contributed by atoms with Gasteiger partial charge in [0.1, 0.15) is 11.7 Å². The van der Waals surface area contributed by atoms with Gasteiger partial charge in [-0.3, -0.25) is 5.41 Å². The molecule has 0 unspecified atom stereocenters. The van der Waals surface area contributed by atoms with E-state index in [2.05, 4.69) is 9.88 Å². The Morgan fingerprint density at radius 1 is 1.47 bits per heavy atom. The van der Waals surface area contributed by atoms with Gasteiger partial charge in [0, 0.05) is 31.0 Å². The summed E-state index contributed by atoms with van der Waals surface area (Å²) in [6.07, 6.45) is 2.43. The number of amidine groups is 1. The third-order valence-electron chi connectivity index (χ3n) is 3.42. The lowest BCUT2D eigenvalue weighted by molar-refractivity contribution is 0.0458. The zero-order valence-electron chi connectivity index (χ0n) is 11.6. The van der Waals surface area contributed by atoms with E-state index in [9.17, 15) is 0 Å². The van der Waals surface area contributed by atoms with Crippen molar-refractivity contribution in [3.05, 3.63) is 23.4 Å². The molecule has 0 saturated carbocycles. The maximum absolute atomic E-state index is 7.54. The van der Waals surface area contributed by atoms with Crippen LogP contribution in [0.15, 0.2) is 12.1 Å². The molecule has 1 aromatic rings. The third kappa shape index (κ3) is 3.44. The summed E-state index contributed by atoms with van der Waals surface area (Å²) < 4.78 is 5.65. The molecule has 0 aliphatic carbocycles. The first-order valence-electron chi connectivity index (χ1n) is 6.79. The van der Waals surface area contributed by atoms with Gasteiger partial charge in [-0.2, -0.15) is 0 Å². The van der Waals surface area contributed by atoms with Crippen molar-refractivity contribution >= 4 is 11.7 Å². The van der Waals surface area contributed by atoms with Crippen molar-refractivity contribution in [1.82, 2.24) is 4.98 Å². The van der Waals surface area contributed by atoms with Gasteiger partial charge in [-0.05, 0) is 38.8 Å². The van der Waals surface area contributed by atoms with Crippen LogP contribution in [-0.2, 0) is 4.74 Å². The smallest absolute Gasteiger partial charge is 0.129 e. The largest absolute Gasteiger partial charge is 0.384 e. The van der Waals surface area contributed by atoms with Crippen LogP contribution in [0.5, 0.6) is 0 Å². The second-order valence-electron chi connectivity index (χ2n) is 4.91. The van der Waals surface area contributed by atoms with Gasteiger partial charge in [0.15, 0.2) is 0 Å². The highest BCUT2D eigenvalue weighted by Crippen LogP contribution is 2.21. The maximum atomic E-state index is 7.54. The van der Waals surface area contributed by atoms with Crippen LogP contribution in [0.1, 0.15) is 31.0 Å². The minimum atomic E-state index is 0.0935. The quantitative estimate of drug-likeness (QED) is 0.639. The molecule has 1 saturated heterocycles. The first kappa shape index (κ1) is 13.8. The van der Waals surface area contributed by atoms with E-state index in [0.29, 0.717) is 6.10 Å². The van der Waals surface area contributed by atoms with Crippen LogP contribution in [-0.4, -0.2) is 36.6 Å². The Kier molecular flexibility index (Phi) is 4.37. The number of nitrogens with zero attached hydrogens (tertiary/aromatic N) is 2. The molecule has 104 valence electrons. The molecule has 5 heteroatoms. The average molecular weight is 262 g/mol. The molecule has 0 atom stereocenters. The molecule has 3 N–H and O–H groups in total. The van der Waals surface area contributed by atoms with Crippen molar-refractivity contribution in [3.8, 4) is 0 Å². The van der Waals surface area contributed by atoms with Gasteiger partial charge in [0.25, 0.3) is 0 Å². The Morgan fingerprint density at radius 2 is 2.16 bits per heavy atom. The SMILES string of the molecule is CCOC1CCN(c2cc(C(=N)N)cc(C)n2)CC1. The lowest BCUT2D eigenvalue weighted by Crippen LogP contribution is -2.37. The predicted octanol–water partition coefficient (Wildman–Crippen LogP) is 1.68. The number of nitrogens with two attached hydrogens (primary N) is 1. The summed E-state index contributed by atoms with van der Waals surface area (Å²) in [7, 11) is 0. The monoisotopic (exact) mass is 262 g/mol. The van der Waals surface area contributed by atoms with Crippen LogP contribution in [0.2, 0.25) is 0 Å². The number of hydrogen-bond acceptors (Lipinski definition) is 4. The second-order valence-corrected chi connectivity index (χ2v) is 4.91. The third-order valence-corrected chi connectivity index (χ3v) is 3.42. The number of nitrogen functional groups attached to an aromatic ring is 1. The molecule has 1 aromatic heterocycles. The summed E-state index contributed by atoms with van der Waals surface area (Å²) in [5.74, 6) is 1.01. The molecule has 0 amide bonds. The number of pyridine rings is 1. The zero-order chi connectivity index (χ0) is 13.8. The molecule has 19 heavy (non-hydrogen) atoms. The summed E-state index contributed by atoms with van der Waals surface area (Å²) in [5, 5.41) is 7.54. The standard InChI is InChI=1S/C14H22N4O/c1-3-19-12-4-6-18(7-5-12)13-9-11(14(15)16)8-10(2)17-13/h8-9,12H,3-7H2,1-2H3,(H3,15,16). The molecular formula is C14H22N4O. The molecule has 2 rings (SSSR count). The van der Waals surface area contributed by atoms with E-state index in [1.807, 2.05) is 26.0 Å². The average Bonchev–Trinajstić information content (AvgIpc) is 2.39. The van der Waals surface area contributed by atoms with Gasteiger partial charge in [0.2, 0.25) is 0 Å². The molecule has 1 fully saturated rings. The molecule has 0 radical (unpaired) electrons. The summed E-state index contributed by atoms with van der Waals surface area (Å²) in [4.78, 5) is 6.79. The number of ether oxygens (including phenoxy) is 1. The van der Waals surface area contributed by atoms with E-state index in [-0.39, 0.29) is 5.84 Å². The molecule has 1 aliphatic rings. The summed E-state index contributed by atoms with van der Waals surface area (Å²) in [6.45, 7) is 6.63. The van der Waals surface area contributed by atoms with E-state index in [0.717, 1.165) is 49.6 Å². The number of piperidine rings is 1. The number of hydrogen-bond donors (Lipinski definition) is 2. The highest BCUT2D eigenvalue weighted by atomic mass is 16.5. The maximum Gasteiger partial charge on any atom is 0.129 e. The molecule has 0 spiro atoms. The number of aromatic nitrogens is 1. The Hall–Kier alpha value is -1.62. The highest BCUT2D eigenvalue weighted by molar-refractivity contribution is 5.95. The molecule has 1 aliphatic heterocycles. The lowest BCUT2D eigenvalue weighted by Gasteiger charge is -2.32. The van der Waals surface area contributed by atoms with E-state index >= 15 is 0 Å². The number of anilines is 1. The second kappa shape index (κ2) is 6.02. The van der Waals surface area contributed by atoms with Gasteiger partial charge >= 0.3 is 0 Å². The lowest BCUT2D eigenvalue weighted by atomic mass is 10.1. The van der Waals surface area contributed by atoms with Crippen LogP contribution in [0.4, 0.5) is 5.82 Å². The Labute approximate surface area is 114 Å². The molecule has 0 aromatic carbocycles. The summed E-state index contributed by atoms with van der Waals surface area (Å²) in [5.41, 5.74) is 7.20. The normalized spacial score (nSPS) is 16.6. The number of nitrogens with one attached hydrogen (secondary N) is 1. The first-order chi connectivity index (χ1) is 9.10. The Morgan fingerprint density at radius 3 is 2.74 bits per heavy atom. The van der Waals surface area contributed by atoms with Crippen molar-refractivity contribution in [1.29, 1.82) is 5.41 Å². The van der Waals surface area contributed by atoms with Crippen molar-refractivity contribution in [2.24, 2.45) is 5.73 Å². The topological polar surface area (TPSA) is 75.2 Å². The molecule has 5 nitrogen and oxygen atoms in total. The van der Waals surface area contributed by atoms with E-state index in [4.69, 9.17) is 15.9 Å². The fourth-order valence-electron chi connectivity index (χ4n) is 2.46. The molecular weight excluding hydrogens is 240 g/mol. The number of aryl methyl sites for hydroxylation is 1.